The first kappa shape index (κ1) is 20.7. The summed E-state index contributed by atoms with van der Waals surface area (Å²) in [5, 5.41) is 8.23. The molecule has 154 valence electrons. The van der Waals surface area contributed by atoms with E-state index in [1.807, 2.05) is 30.3 Å². The van der Waals surface area contributed by atoms with Crippen LogP contribution in [0, 0.1) is 0 Å². The predicted octanol–water partition coefficient (Wildman–Crippen LogP) is 3.61. The molecule has 3 aromatic rings. The quantitative estimate of drug-likeness (QED) is 0.520. The van der Waals surface area contributed by atoms with Gasteiger partial charge in [0.05, 0.1) is 30.4 Å². The van der Waals surface area contributed by atoms with Crippen LogP contribution in [-0.2, 0) is 4.74 Å². The number of anilines is 4. The molecule has 0 aliphatic carbocycles. The van der Waals surface area contributed by atoms with Gasteiger partial charge in [0.1, 0.15) is 6.33 Å². The second kappa shape index (κ2) is 10.5. The van der Waals surface area contributed by atoms with E-state index in [1.54, 1.807) is 43.8 Å². The predicted molar refractivity (Wildman–Crippen MR) is 115 cm³/mol. The molecule has 4 amide bonds. The van der Waals surface area contributed by atoms with Crippen molar-refractivity contribution in [2.45, 2.75) is 0 Å². The first-order valence-corrected chi connectivity index (χ1v) is 9.22. The fourth-order valence-corrected chi connectivity index (χ4v) is 2.63. The van der Waals surface area contributed by atoms with Crippen LogP contribution in [0.1, 0.15) is 0 Å². The van der Waals surface area contributed by atoms with Gasteiger partial charge in [0.25, 0.3) is 0 Å². The van der Waals surface area contributed by atoms with Gasteiger partial charge in [-0.2, -0.15) is 0 Å². The SMILES string of the molecule is COCCNC(=O)Nc1ccc(NC(=O)N(c2ccccc2)c2cncnc2)cc1. The lowest BCUT2D eigenvalue weighted by Gasteiger charge is -2.22. The number of aromatic nitrogens is 2. The van der Waals surface area contributed by atoms with Crippen LogP contribution in [0.5, 0.6) is 0 Å². The van der Waals surface area contributed by atoms with Crippen LogP contribution in [0.25, 0.3) is 0 Å². The number of carbonyl (C=O) groups is 2. The van der Waals surface area contributed by atoms with Gasteiger partial charge in [0.15, 0.2) is 0 Å². The van der Waals surface area contributed by atoms with E-state index in [9.17, 15) is 9.59 Å². The average molecular weight is 406 g/mol. The number of urea groups is 2. The maximum Gasteiger partial charge on any atom is 0.331 e. The maximum atomic E-state index is 13.0. The Morgan fingerprint density at radius 1 is 0.900 bits per heavy atom. The van der Waals surface area contributed by atoms with Gasteiger partial charge in [-0.3, -0.25) is 4.90 Å². The number of para-hydroxylation sites is 1. The summed E-state index contributed by atoms with van der Waals surface area (Å²) in [6.45, 7) is 0.845. The molecule has 0 atom stereocenters. The van der Waals surface area contributed by atoms with Crippen molar-refractivity contribution in [2.24, 2.45) is 0 Å². The number of nitrogens with zero attached hydrogens (tertiary/aromatic N) is 3. The molecule has 9 nitrogen and oxygen atoms in total. The molecule has 9 heteroatoms. The fraction of sp³-hybridized carbons (Fsp3) is 0.143. The lowest BCUT2D eigenvalue weighted by atomic mass is 10.2. The van der Waals surface area contributed by atoms with Crippen molar-refractivity contribution >= 4 is 34.8 Å². The number of methoxy groups -OCH3 is 1. The third kappa shape index (κ3) is 5.76. The number of benzene rings is 2. The van der Waals surface area contributed by atoms with Crippen molar-refractivity contribution in [1.29, 1.82) is 0 Å². The highest BCUT2D eigenvalue weighted by Crippen LogP contribution is 2.25. The average Bonchev–Trinajstić information content (AvgIpc) is 2.77. The van der Waals surface area contributed by atoms with Crippen LogP contribution >= 0.6 is 0 Å². The second-order valence-corrected chi connectivity index (χ2v) is 6.15. The first-order chi connectivity index (χ1) is 14.7. The van der Waals surface area contributed by atoms with Crippen molar-refractivity contribution < 1.29 is 14.3 Å². The summed E-state index contributed by atoms with van der Waals surface area (Å²) in [6, 6.07) is 15.3. The minimum atomic E-state index is -0.367. The number of hydrogen-bond acceptors (Lipinski definition) is 5. The highest BCUT2D eigenvalue weighted by Gasteiger charge is 2.18. The third-order valence-electron chi connectivity index (χ3n) is 4.01. The van der Waals surface area contributed by atoms with Crippen LogP contribution in [0.3, 0.4) is 0 Å². The van der Waals surface area contributed by atoms with Crippen molar-refractivity contribution in [1.82, 2.24) is 15.3 Å². The van der Waals surface area contributed by atoms with Gasteiger partial charge in [-0.05, 0) is 36.4 Å². The topological polar surface area (TPSA) is 108 Å². The van der Waals surface area contributed by atoms with Gasteiger partial charge in [-0.25, -0.2) is 19.6 Å². The standard InChI is InChI=1S/C21H22N6O3/c1-30-12-11-24-20(28)25-16-7-9-17(10-8-16)26-21(29)27(18-5-3-2-4-6-18)19-13-22-15-23-14-19/h2-10,13-15H,11-12H2,1H3,(H,26,29)(H2,24,25,28). The number of ether oxygens (including phenoxy) is 1. The largest absolute Gasteiger partial charge is 0.383 e. The summed E-state index contributed by atoms with van der Waals surface area (Å²) in [6.07, 6.45) is 4.53. The van der Waals surface area contributed by atoms with Gasteiger partial charge < -0.3 is 20.7 Å². The molecule has 30 heavy (non-hydrogen) atoms. The van der Waals surface area contributed by atoms with Gasteiger partial charge in [-0.15, -0.1) is 0 Å². The molecular weight excluding hydrogens is 384 g/mol. The maximum absolute atomic E-state index is 13.0. The summed E-state index contributed by atoms with van der Waals surface area (Å²) < 4.78 is 4.88. The van der Waals surface area contributed by atoms with E-state index in [2.05, 4.69) is 25.9 Å². The number of amides is 4. The Balaban J connectivity index is 1.68. The van der Waals surface area contributed by atoms with Crippen LogP contribution in [0.15, 0.2) is 73.3 Å². The van der Waals surface area contributed by atoms with Crippen LogP contribution in [0.4, 0.5) is 32.3 Å². The van der Waals surface area contributed by atoms with E-state index in [-0.39, 0.29) is 12.1 Å². The highest BCUT2D eigenvalue weighted by molar-refractivity contribution is 6.07. The molecule has 0 saturated heterocycles. The molecule has 0 spiro atoms. The molecule has 0 bridgehead atoms. The third-order valence-corrected chi connectivity index (χ3v) is 4.01. The van der Waals surface area contributed by atoms with E-state index in [0.29, 0.717) is 35.9 Å². The normalized spacial score (nSPS) is 10.2. The lowest BCUT2D eigenvalue weighted by molar-refractivity contribution is 0.198. The molecule has 3 rings (SSSR count). The minimum absolute atomic E-state index is 0.330. The van der Waals surface area contributed by atoms with Gasteiger partial charge in [-0.1, -0.05) is 18.2 Å². The zero-order valence-electron chi connectivity index (χ0n) is 16.4. The number of hydrogen-bond donors (Lipinski definition) is 3. The van der Waals surface area contributed by atoms with Crippen molar-refractivity contribution in [2.75, 3.05) is 35.8 Å². The van der Waals surface area contributed by atoms with Crippen LogP contribution in [-0.4, -0.2) is 42.3 Å². The van der Waals surface area contributed by atoms with Crippen LogP contribution < -0.4 is 20.9 Å². The highest BCUT2D eigenvalue weighted by atomic mass is 16.5. The Hall–Kier alpha value is -3.98. The van der Waals surface area contributed by atoms with E-state index in [0.717, 1.165) is 0 Å². The number of nitrogens with one attached hydrogen (secondary N) is 3. The van der Waals surface area contributed by atoms with Crippen molar-refractivity contribution in [3.8, 4) is 0 Å². The lowest BCUT2D eigenvalue weighted by Crippen LogP contribution is -2.31. The fourth-order valence-electron chi connectivity index (χ4n) is 2.63. The van der Waals surface area contributed by atoms with Crippen molar-refractivity contribution in [3.05, 3.63) is 73.3 Å². The van der Waals surface area contributed by atoms with Crippen LogP contribution in [0.2, 0.25) is 0 Å². The molecule has 0 aliphatic rings. The molecular formula is C21H22N6O3. The molecule has 0 fully saturated rings. The summed E-state index contributed by atoms with van der Waals surface area (Å²) in [4.78, 5) is 34.3. The summed E-state index contributed by atoms with van der Waals surface area (Å²) >= 11 is 0. The van der Waals surface area contributed by atoms with Gasteiger partial charge in [0.2, 0.25) is 0 Å². The Labute approximate surface area is 174 Å². The molecule has 1 heterocycles. The molecule has 0 aliphatic heterocycles. The molecule has 3 N–H and O–H groups in total. The van der Waals surface area contributed by atoms with E-state index in [1.165, 1.54) is 11.2 Å². The Kier molecular flexibility index (Phi) is 7.28. The second-order valence-electron chi connectivity index (χ2n) is 6.15. The molecule has 0 radical (unpaired) electrons. The van der Waals surface area contributed by atoms with Crippen molar-refractivity contribution in [3.63, 3.8) is 0 Å². The number of carbonyl (C=O) groups excluding carboxylic acids is 2. The molecule has 1 aromatic heterocycles. The van der Waals surface area contributed by atoms with E-state index in [4.69, 9.17) is 4.74 Å². The first-order valence-electron chi connectivity index (χ1n) is 9.22. The molecule has 2 aromatic carbocycles. The molecule has 0 unspecified atom stereocenters. The Morgan fingerprint density at radius 3 is 2.17 bits per heavy atom. The monoisotopic (exact) mass is 406 g/mol. The van der Waals surface area contributed by atoms with Gasteiger partial charge in [0, 0.05) is 25.0 Å². The zero-order chi connectivity index (χ0) is 21.2. The van der Waals surface area contributed by atoms with E-state index >= 15 is 0 Å². The number of rotatable bonds is 7. The summed E-state index contributed by atoms with van der Waals surface area (Å²) in [7, 11) is 1.57. The smallest absolute Gasteiger partial charge is 0.331 e. The van der Waals surface area contributed by atoms with E-state index < -0.39 is 0 Å². The summed E-state index contributed by atoms with van der Waals surface area (Å²) in [5.41, 5.74) is 2.38. The summed E-state index contributed by atoms with van der Waals surface area (Å²) in [5.74, 6) is 0. The van der Waals surface area contributed by atoms with Gasteiger partial charge >= 0.3 is 12.1 Å². The minimum Gasteiger partial charge on any atom is -0.383 e. The Bertz CT molecular complexity index is 912. The molecule has 0 saturated carbocycles. The Morgan fingerprint density at radius 2 is 1.53 bits per heavy atom. The zero-order valence-corrected chi connectivity index (χ0v) is 16.4.